The molecule has 0 amide bonds. The van der Waals surface area contributed by atoms with E-state index >= 15 is 0 Å². The van der Waals surface area contributed by atoms with Crippen molar-refractivity contribution in [2.24, 2.45) is 0 Å². The first kappa shape index (κ1) is 20.6. The van der Waals surface area contributed by atoms with Crippen LogP contribution in [0.3, 0.4) is 0 Å². The zero-order chi connectivity index (χ0) is 19.9. The van der Waals surface area contributed by atoms with Crippen molar-refractivity contribution in [3.05, 3.63) is 88.8 Å². The molecule has 0 saturated carbocycles. The molecule has 2 rings (SSSR count). The number of carboxylic acids is 1. The summed E-state index contributed by atoms with van der Waals surface area (Å²) in [6, 6.07) is 6.14. The molecule has 1 atom stereocenters. The lowest BCUT2D eigenvalue weighted by Gasteiger charge is -2.36. The highest BCUT2D eigenvalue weighted by molar-refractivity contribution is 5.81. The summed E-state index contributed by atoms with van der Waals surface area (Å²) in [5, 5.41) is 8.74. The van der Waals surface area contributed by atoms with Crippen LogP contribution in [0.25, 0.3) is 0 Å². The van der Waals surface area contributed by atoms with Gasteiger partial charge in [-0.05, 0) is 70.2 Å². The summed E-state index contributed by atoms with van der Waals surface area (Å²) in [4.78, 5) is 15.3. The summed E-state index contributed by atoms with van der Waals surface area (Å²) >= 11 is 0. The maximum absolute atomic E-state index is 10.6. The van der Waals surface area contributed by atoms with E-state index in [-0.39, 0.29) is 5.41 Å². The van der Waals surface area contributed by atoms with Crippen LogP contribution >= 0.6 is 0 Å². The van der Waals surface area contributed by atoms with Gasteiger partial charge in [0.05, 0.1) is 5.69 Å². The molecule has 0 bridgehead atoms. The Bertz CT molecular complexity index is 825. The molecule has 3 nitrogen and oxygen atoms in total. The predicted molar refractivity (Wildman–Crippen MR) is 112 cm³/mol. The van der Waals surface area contributed by atoms with Gasteiger partial charge >= 0.3 is 5.97 Å². The van der Waals surface area contributed by atoms with Crippen LogP contribution in [0.4, 0.5) is 0 Å². The van der Waals surface area contributed by atoms with E-state index in [1.807, 2.05) is 31.3 Å². The third-order valence-corrected chi connectivity index (χ3v) is 5.10. The van der Waals surface area contributed by atoms with Gasteiger partial charge < -0.3 is 5.11 Å². The van der Waals surface area contributed by atoms with E-state index in [4.69, 9.17) is 5.11 Å². The van der Waals surface area contributed by atoms with Gasteiger partial charge in [0.1, 0.15) is 0 Å². The number of hydrogen-bond donors (Lipinski definition) is 1. The Morgan fingerprint density at radius 3 is 2.67 bits per heavy atom. The van der Waals surface area contributed by atoms with Crippen molar-refractivity contribution in [2.45, 2.75) is 52.4 Å². The van der Waals surface area contributed by atoms with Gasteiger partial charge in [-0.25, -0.2) is 4.79 Å². The second kappa shape index (κ2) is 9.31. The highest BCUT2D eigenvalue weighted by Gasteiger charge is 2.34. The molecule has 142 valence electrons. The van der Waals surface area contributed by atoms with Crippen LogP contribution in [0.5, 0.6) is 0 Å². The molecule has 0 fully saturated rings. The Balaban J connectivity index is 2.23. The second-order valence-corrected chi connectivity index (χ2v) is 7.42. The van der Waals surface area contributed by atoms with Gasteiger partial charge in [-0.1, -0.05) is 47.6 Å². The Morgan fingerprint density at radius 1 is 1.22 bits per heavy atom. The average molecular weight is 364 g/mol. The van der Waals surface area contributed by atoms with Crippen LogP contribution in [-0.4, -0.2) is 16.1 Å². The van der Waals surface area contributed by atoms with Crippen LogP contribution in [0.1, 0.15) is 52.7 Å². The van der Waals surface area contributed by atoms with Gasteiger partial charge in [0.15, 0.2) is 0 Å². The van der Waals surface area contributed by atoms with Gasteiger partial charge in [0.2, 0.25) is 0 Å². The molecule has 1 aromatic rings. The summed E-state index contributed by atoms with van der Waals surface area (Å²) in [6.07, 6.45) is 16.5. The number of carbonyl (C=O) groups is 1. The molecular weight excluding hydrogens is 334 g/mol. The monoisotopic (exact) mass is 363 g/mol. The molecule has 0 aromatic carbocycles. The molecule has 0 aliphatic heterocycles. The van der Waals surface area contributed by atoms with Crippen LogP contribution in [-0.2, 0) is 10.2 Å². The first-order valence-electron chi connectivity index (χ1n) is 9.39. The highest BCUT2D eigenvalue weighted by Crippen LogP contribution is 2.43. The number of nitrogens with zero attached hydrogens (tertiary/aromatic N) is 1. The quantitative estimate of drug-likeness (QED) is 0.503. The molecule has 1 heterocycles. The van der Waals surface area contributed by atoms with Gasteiger partial charge in [0, 0.05) is 17.7 Å². The van der Waals surface area contributed by atoms with Crippen molar-refractivity contribution in [1.29, 1.82) is 0 Å². The van der Waals surface area contributed by atoms with Gasteiger partial charge in [-0.2, -0.15) is 0 Å². The van der Waals surface area contributed by atoms with Crippen molar-refractivity contribution >= 4 is 5.97 Å². The Labute approximate surface area is 162 Å². The molecular formula is C24H29NO2. The smallest absolute Gasteiger partial charge is 0.328 e. The molecule has 1 N–H and O–H groups in total. The normalized spacial score (nSPS) is 22.1. The molecule has 0 spiro atoms. The fraction of sp³-hybridized carbons (Fsp3) is 0.333. The van der Waals surface area contributed by atoms with Gasteiger partial charge in [-0.3, -0.25) is 4.98 Å². The van der Waals surface area contributed by atoms with E-state index in [2.05, 4.69) is 43.1 Å². The number of rotatable bonds is 6. The molecule has 0 saturated heterocycles. The Morgan fingerprint density at radius 2 is 2.00 bits per heavy atom. The minimum absolute atomic E-state index is 0.0585. The zero-order valence-corrected chi connectivity index (χ0v) is 16.7. The predicted octanol–water partition coefficient (Wildman–Crippen LogP) is 5.93. The molecule has 0 radical (unpaired) electrons. The standard InChI is InChI=1S/C24H29NO2/c1-18(9-7-10-19(2)17-23(26)27)13-14-21-20(3)11-8-15-24(21,4)22-12-5-6-16-25-22/h5-7,9-10,12-14,16-17H,8,11,15H2,1-4H3,(H,26,27)/b10-7+,14-13+,18-9+,19-17+/t24-/m0/s1. The summed E-state index contributed by atoms with van der Waals surface area (Å²) in [5.74, 6) is -0.925. The fourth-order valence-electron chi connectivity index (χ4n) is 3.59. The molecule has 0 unspecified atom stereocenters. The largest absolute Gasteiger partial charge is 0.478 e. The Kier molecular flexibility index (Phi) is 7.12. The number of aromatic nitrogens is 1. The lowest BCUT2D eigenvalue weighted by molar-refractivity contribution is -0.131. The van der Waals surface area contributed by atoms with Crippen molar-refractivity contribution in [3.8, 4) is 0 Å². The number of aliphatic carboxylic acids is 1. The summed E-state index contributed by atoms with van der Waals surface area (Å²) in [5.41, 5.74) is 5.67. The van der Waals surface area contributed by atoms with E-state index in [1.54, 1.807) is 13.0 Å². The highest BCUT2D eigenvalue weighted by atomic mass is 16.4. The maximum Gasteiger partial charge on any atom is 0.328 e. The topological polar surface area (TPSA) is 50.2 Å². The zero-order valence-electron chi connectivity index (χ0n) is 16.7. The van der Waals surface area contributed by atoms with Crippen LogP contribution in [0.2, 0.25) is 0 Å². The average Bonchev–Trinajstić information content (AvgIpc) is 2.61. The molecule has 27 heavy (non-hydrogen) atoms. The molecule has 1 aromatic heterocycles. The summed E-state index contributed by atoms with van der Waals surface area (Å²) in [7, 11) is 0. The molecule has 1 aliphatic carbocycles. The van der Waals surface area contributed by atoms with E-state index in [0.29, 0.717) is 5.57 Å². The summed E-state index contributed by atoms with van der Waals surface area (Å²) in [6.45, 7) is 8.34. The number of hydrogen-bond acceptors (Lipinski definition) is 2. The van der Waals surface area contributed by atoms with E-state index in [0.717, 1.165) is 24.1 Å². The van der Waals surface area contributed by atoms with Gasteiger partial charge in [-0.15, -0.1) is 0 Å². The summed E-state index contributed by atoms with van der Waals surface area (Å²) < 4.78 is 0. The van der Waals surface area contributed by atoms with E-state index in [9.17, 15) is 4.79 Å². The van der Waals surface area contributed by atoms with Crippen LogP contribution < -0.4 is 0 Å². The van der Waals surface area contributed by atoms with E-state index < -0.39 is 5.97 Å². The third-order valence-electron chi connectivity index (χ3n) is 5.10. The van der Waals surface area contributed by atoms with Gasteiger partial charge in [0.25, 0.3) is 0 Å². The first-order chi connectivity index (χ1) is 12.8. The number of allylic oxidation sites excluding steroid dienone is 9. The SMILES string of the molecule is CC1=C(/C=C/C(C)=C/C=C/C(C)=C/C(=O)O)[C@@](C)(c2ccccn2)CCC1. The first-order valence-corrected chi connectivity index (χ1v) is 9.39. The van der Waals surface area contributed by atoms with Crippen molar-refractivity contribution in [2.75, 3.05) is 0 Å². The third kappa shape index (κ3) is 5.65. The minimum Gasteiger partial charge on any atom is -0.478 e. The van der Waals surface area contributed by atoms with Crippen molar-refractivity contribution < 1.29 is 9.90 Å². The maximum atomic E-state index is 10.6. The van der Waals surface area contributed by atoms with Crippen molar-refractivity contribution in [3.63, 3.8) is 0 Å². The minimum atomic E-state index is -0.925. The number of carboxylic acid groups (broad SMARTS) is 1. The molecule has 1 aliphatic rings. The van der Waals surface area contributed by atoms with Crippen molar-refractivity contribution in [1.82, 2.24) is 4.98 Å². The van der Waals surface area contributed by atoms with Crippen LogP contribution in [0.15, 0.2) is 83.1 Å². The fourth-order valence-corrected chi connectivity index (χ4v) is 3.59. The lowest BCUT2D eigenvalue weighted by Crippen LogP contribution is -2.29. The number of pyridine rings is 1. The lowest BCUT2D eigenvalue weighted by atomic mass is 9.69. The molecule has 3 heteroatoms. The van der Waals surface area contributed by atoms with Crippen LogP contribution in [0, 0.1) is 0 Å². The second-order valence-electron chi connectivity index (χ2n) is 7.42. The Hall–Kier alpha value is -2.68. The van der Waals surface area contributed by atoms with E-state index in [1.165, 1.54) is 23.6 Å².